The van der Waals surface area contributed by atoms with E-state index in [1.165, 1.54) is 31.5 Å². The van der Waals surface area contributed by atoms with E-state index >= 15 is 0 Å². The lowest BCUT2D eigenvalue weighted by Crippen LogP contribution is -3.00. The second-order valence-corrected chi connectivity index (χ2v) is 5.70. The number of para-hydroxylation sites is 1. The first-order valence-electron chi connectivity index (χ1n) is 6.06. The number of nitrogens with zero attached hydrogens (tertiary/aromatic N) is 1. The summed E-state index contributed by atoms with van der Waals surface area (Å²) >= 11 is 1.85. The molecular formula is C16H12ClNS. The molecule has 0 atom stereocenters. The van der Waals surface area contributed by atoms with E-state index < -0.39 is 0 Å². The molecule has 94 valence electrons. The predicted molar refractivity (Wildman–Crippen MR) is 77.2 cm³/mol. The van der Waals surface area contributed by atoms with Crippen molar-refractivity contribution in [2.24, 2.45) is 0 Å². The molecule has 0 fully saturated rings. The summed E-state index contributed by atoms with van der Waals surface area (Å²) in [6.07, 6.45) is 0. The van der Waals surface area contributed by atoms with Crippen molar-refractivity contribution in [3.05, 3.63) is 60.2 Å². The molecule has 0 saturated carbocycles. The number of thiazole rings is 1. The monoisotopic (exact) mass is 285 g/mol. The highest BCUT2D eigenvalue weighted by Crippen LogP contribution is 2.24. The molecular weight excluding hydrogens is 274 g/mol. The molecule has 0 radical (unpaired) electrons. The van der Waals surface area contributed by atoms with Crippen LogP contribution in [0.2, 0.25) is 0 Å². The maximum absolute atomic E-state index is 2.36. The summed E-state index contributed by atoms with van der Waals surface area (Å²) in [6, 6.07) is 19.6. The van der Waals surface area contributed by atoms with Crippen LogP contribution in [0.5, 0.6) is 0 Å². The number of pyridine rings is 1. The van der Waals surface area contributed by atoms with E-state index in [1.54, 1.807) is 0 Å². The molecule has 0 amide bonds. The van der Waals surface area contributed by atoms with Gasteiger partial charge in [-0.1, -0.05) is 29.5 Å². The minimum Gasteiger partial charge on any atom is -1.00 e. The van der Waals surface area contributed by atoms with E-state index in [9.17, 15) is 0 Å². The van der Waals surface area contributed by atoms with Crippen LogP contribution in [-0.2, 0) is 0 Å². The van der Waals surface area contributed by atoms with Crippen molar-refractivity contribution in [1.29, 1.82) is 0 Å². The number of aryl methyl sites for hydroxylation is 1. The topological polar surface area (TPSA) is 4.10 Å². The van der Waals surface area contributed by atoms with E-state index in [-0.39, 0.29) is 12.4 Å². The van der Waals surface area contributed by atoms with Gasteiger partial charge in [-0.3, -0.25) is 0 Å². The lowest BCUT2D eigenvalue weighted by Gasteiger charge is -1.93. The van der Waals surface area contributed by atoms with Crippen molar-refractivity contribution >= 4 is 37.3 Å². The predicted octanol–water partition coefficient (Wildman–Crippen LogP) is 1.11. The van der Waals surface area contributed by atoms with E-state index in [1.807, 2.05) is 11.3 Å². The van der Waals surface area contributed by atoms with Crippen LogP contribution >= 0.6 is 11.3 Å². The first kappa shape index (κ1) is 12.4. The molecule has 1 nitrogen and oxygen atoms in total. The SMILES string of the molecule is Cc1ccc2sc3ccc4ccccc4[n+]3c2c1.[Cl-]. The Balaban J connectivity index is 0.00000110. The molecule has 0 aliphatic carbocycles. The maximum Gasteiger partial charge on any atom is 0.268 e. The molecule has 0 spiro atoms. The molecule has 0 bridgehead atoms. The molecule has 3 heteroatoms. The third-order valence-corrected chi connectivity index (χ3v) is 4.47. The summed E-state index contributed by atoms with van der Waals surface area (Å²) in [5, 5.41) is 1.29. The van der Waals surface area contributed by atoms with Gasteiger partial charge in [0.2, 0.25) is 11.0 Å². The van der Waals surface area contributed by atoms with Crippen LogP contribution in [0.15, 0.2) is 54.6 Å². The van der Waals surface area contributed by atoms with Gasteiger partial charge in [0.1, 0.15) is 4.70 Å². The summed E-state index contributed by atoms with van der Waals surface area (Å²) < 4.78 is 3.71. The Labute approximate surface area is 121 Å². The van der Waals surface area contributed by atoms with Gasteiger partial charge in [-0.2, -0.15) is 0 Å². The maximum atomic E-state index is 2.36. The molecule has 2 aromatic carbocycles. The molecule has 0 saturated heterocycles. The van der Waals surface area contributed by atoms with Crippen molar-refractivity contribution in [2.75, 3.05) is 0 Å². The van der Waals surface area contributed by atoms with Crippen LogP contribution in [0, 0.1) is 6.92 Å². The number of fused-ring (bicyclic) bond motifs is 5. The van der Waals surface area contributed by atoms with Gasteiger partial charge in [0.05, 0.1) is 0 Å². The summed E-state index contributed by atoms with van der Waals surface area (Å²) in [4.78, 5) is 1.30. The van der Waals surface area contributed by atoms with E-state index in [4.69, 9.17) is 0 Å². The number of benzene rings is 2. The van der Waals surface area contributed by atoms with Gasteiger partial charge in [0.15, 0.2) is 0 Å². The van der Waals surface area contributed by atoms with Crippen molar-refractivity contribution < 1.29 is 16.8 Å². The van der Waals surface area contributed by atoms with Gasteiger partial charge < -0.3 is 12.4 Å². The molecule has 4 rings (SSSR count). The van der Waals surface area contributed by atoms with Gasteiger partial charge in [0.25, 0.3) is 4.83 Å². The highest BCUT2D eigenvalue weighted by Gasteiger charge is 2.16. The van der Waals surface area contributed by atoms with Crippen molar-refractivity contribution in [3.8, 4) is 0 Å². The lowest BCUT2D eigenvalue weighted by atomic mass is 10.2. The molecule has 0 N–H and O–H groups in total. The smallest absolute Gasteiger partial charge is 0.268 e. The second-order valence-electron chi connectivity index (χ2n) is 4.64. The number of hydrogen-bond donors (Lipinski definition) is 0. The van der Waals surface area contributed by atoms with E-state index in [0.717, 1.165) is 0 Å². The van der Waals surface area contributed by atoms with Crippen LogP contribution in [0.4, 0.5) is 0 Å². The van der Waals surface area contributed by atoms with Crippen molar-refractivity contribution in [2.45, 2.75) is 6.92 Å². The van der Waals surface area contributed by atoms with Crippen LogP contribution in [-0.4, -0.2) is 0 Å². The molecule has 0 unspecified atom stereocenters. The minimum absolute atomic E-state index is 0. The average Bonchev–Trinajstić information content (AvgIpc) is 2.77. The van der Waals surface area contributed by atoms with Crippen molar-refractivity contribution in [3.63, 3.8) is 0 Å². The normalized spacial score (nSPS) is 11.0. The fourth-order valence-electron chi connectivity index (χ4n) is 2.52. The molecule has 2 aromatic heterocycles. The Hall–Kier alpha value is -1.64. The van der Waals surface area contributed by atoms with E-state index in [0.29, 0.717) is 0 Å². The molecule has 4 aromatic rings. The first-order valence-corrected chi connectivity index (χ1v) is 6.87. The zero-order valence-electron chi connectivity index (χ0n) is 10.4. The Morgan fingerprint density at radius 2 is 1.74 bits per heavy atom. The van der Waals surface area contributed by atoms with Gasteiger partial charge in [-0.25, -0.2) is 0 Å². The third kappa shape index (κ3) is 1.79. The van der Waals surface area contributed by atoms with Crippen molar-refractivity contribution in [1.82, 2.24) is 0 Å². The standard InChI is InChI=1S/C16H12NS.ClH/c1-11-6-8-15-14(10-11)17-13-5-3-2-4-12(13)7-9-16(17)18-15;/h2-10H,1H3;1H/q+1;/p-1. The fourth-order valence-corrected chi connectivity index (χ4v) is 3.56. The Morgan fingerprint density at radius 1 is 0.895 bits per heavy atom. The Kier molecular flexibility index (Phi) is 2.92. The molecule has 0 aliphatic rings. The second kappa shape index (κ2) is 4.48. The van der Waals surface area contributed by atoms with Gasteiger partial charge in [-0.05, 0) is 30.7 Å². The fraction of sp³-hybridized carbons (Fsp3) is 0.0625. The largest absolute Gasteiger partial charge is 1.00 e. The zero-order chi connectivity index (χ0) is 12.1. The average molecular weight is 286 g/mol. The summed E-state index contributed by atoms with van der Waals surface area (Å²) in [6.45, 7) is 2.15. The van der Waals surface area contributed by atoms with Crippen LogP contribution < -0.4 is 16.8 Å². The van der Waals surface area contributed by atoms with E-state index in [2.05, 4.69) is 65.9 Å². The Bertz CT molecular complexity index is 895. The minimum atomic E-state index is 0. The third-order valence-electron chi connectivity index (χ3n) is 3.37. The Morgan fingerprint density at radius 3 is 2.63 bits per heavy atom. The number of halogens is 1. The summed E-state index contributed by atoms with van der Waals surface area (Å²) in [7, 11) is 0. The number of rotatable bonds is 0. The summed E-state index contributed by atoms with van der Waals surface area (Å²) in [5.41, 5.74) is 3.90. The highest BCUT2D eigenvalue weighted by atomic mass is 35.5. The molecule has 19 heavy (non-hydrogen) atoms. The summed E-state index contributed by atoms with van der Waals surface area (Å²) in [5.74, 6) is 0. The molecule has 2 heterocycles. The number of aromatic nitrogens is 1. The van der Waals surface area contributed by atoms with Crippen LogP contribution in [0.1, 0.15) is 5.56 Å². The van der Waals surface area contributed by atoms with Gasteiger partial charge in [-0.15, -0.1) is 4.40 Å². The number of hydrogen-bond acceptors (Lipinski definition) is 1. The molecule has 0 aliphatic heterocycles. The van der Waals surface area contributed by atoms with Crippen LogP contribution in [0.25, 0.3) is 25.9 Å². The lowest BCUT2D eigenvalue weighted by molar-refractivity contribution is -0.446. The van der Waals surface area contributed by atoms with Crippen LogP contribution in [0.3, 0.4) is 0 Å². The quantitative estimate of drug-likeness (QED) is 0.426. The van der Waals surface area contributed by atoms with Gasteiger partial charge in [0, 0.05) is 23.6 Å². The first-order chi connectivity index (χ1) is 8.83. The highest BCUT2D eigenvalue weighted by molar-refractivity contribution is 7.23. The van der Waals surface area contributed by atoms with Gasteiger partial charge >= 0.3 is 0 Å². The zero-order valence-corrected chi connectivity index (χ0v) is 12.0.